The van der Waals surface area contributed by atoms with Gasteiger partial charge >= 0.3 is 0 Å². The summed E-state index contributed by atoms with van der Waals surface area (Å²) in [5, 5.41) is 2.71. The van der Waals surface area contributed by atoms with Crippen molar-refractivity contribution in [2.24, 2.45) is 0 Å². The lowest BCUT2D eigenvalue weighted by Crippen LogP contribution is -2.31. The molecule has 1 saturated heterocycles. The smallest absolute Gasteiger partial charge is 0.247 e. The SMILES string of the molecule is Cc1cccc(N2C(=O)C[C@H](SCC(=O)Nc3cccc(Cl)c3)C2=O)c1. The lowest BCUT2D eigenvalue weighted by molar-refractivity contribution is -0.121. The number of aryl methyl sites for hydroxylation is 1. The van der Waals surface area contributed by atoms with Crippen LogP contribution >= 0.6 is 23.4 Å². The van der Waals surface area contributed by atoms with Crippen LogP contribution in [-0.2, 0) is 14.4 Å². The molecular weight excluding hydrogens is 372 g/mol. The number of imide groups is 1. The van der Waals surface area contributed by atoms with Gasteiger partial charge < -0.3 is 5.32 Å². The summed E-state index contributed by atoms with van der Waals surface area (Å²) in [6.45, 7) is 1.90. The number of benzene rings is 2. The minimum Gasteiger partial charge on any atom is -0.325 e. The first-order valence-electron chi connectivity index (χ1n) is 8.04. The van der Waals surface area contributed by atoms with E-state index in [1.54, 1.807) is 36.4 Å². The molecule has 0 radical (unpaired) electrons. The van der Waals surface area contributed by atoms with Gasteiger partial charge in [-0.3, -0.25) is 14.4 Å². The second-order valence-electron chi connectivity index (χ2n) is 5.97. The molecule has 1 aliphatic heterocycles. The molecule has 1 heterocycles. The Morgan fingerprint density at radius 1 is 1.23 bits per heavy atom. The van der Waals surface area contributed by atoms with Gasteiger partial charge in [0.2, 0.25) is 17.7 Å². The Morgan fingerprint density at radius 3 is 2.73 bits per heavy atom. The van der Waals surface area contributed by atoms with Crippen LogP contribution in [-0.4, -0.2) is 28.7 Å². The van der Waals surface area contributed by atoms with E-state index in [4.69, 9.17) is 11.6 Å². The average Bonchev–Trinajstić information content (AvgIpc) is 2.87. The highest BCUT2D eigenvalue weighted by Crippen LogP contribution is 2.30. The summed E-state index contributed by atoms with van der Waals surface area (Å²) in [5.41, 5.74) is 2.14. The lowest BCUT2D eigenvalue weighted by Gasteiger charge is -2.15. The molecule has 0 spiro atoms. The maximum Gasteiger partial charge on any atom is 0.247 e. The van der Waals surface area contributed by atoms with Crippen LogP contribution in [0, 0.1) is 6.92 Å². The zero-order chi connectivity index (χ0) is 18.7. The third-order valence-electron chi connectivity index (χ3n) is 3.89. The summed E-state index contributed by atoms with van der Waals surface area (Å²) in [6, 6.07) is 14.1. The number of thioether (sulfide) groups is 1. The number of rotatable bonds is 5. The molecule has 26 heavy (non-hydrogen) atoms. The van der Waals surface area contributed by atoms with Gasteiger partial charge in [-0.1, -0.05) is 29.8 Å². The molecule has 1 fully saturated rings. The molecule has 1 atom stereocenters. The highest BCUT2D eigenvalue weighted by molar-refractivity contribution is 8.01. The molecule has 0 saturated carbocycles. The van der Waals surface area contributed by atoms with Crippen molar-refractivity contribution < 1.29 is 14.4 Å². The van der Waals surface area contributed by atoms with Crippen LogP contribution < -0.4 is 10.2 Å². The maximum absolute atomic E-state index is 12.6. The summed E-state index contributed by atoms with van der Waals surface area (Å²) >= 11 is 7.06. The summed E-state index contributed by atoms with van der Waals surface area (Å²) in [7, 11) is 0. The third kappa shape index (κ3) is 4.26. The first-order valence-corrected chi connectivity index (χ1v) is 9.47. The number of anilines is 2. The van der Waals surface area contributed by atoms with Crippen molar-refractivity contribution in [2.75, 3.05) is 16.0 Å². The average molecular weight is 389 g/mol. The Balaban J connectivity index is 1.60. The molecule has 7 heteroatoms. The summed E-state index contributed by atoms with van der Waals surface area (Å²) in [6.07, 6.45) is 0.0991. The Morgan fingerprint density at radius 2 is 2.00 bits per heavy atom. The van der Waals surface area contributed by atoms with Crippen LogP contribution in [0.15, 0.2) is 48.5 Å². The molecule has 1 N–H and O–H groups in total. The number of nitrogens with zero attached hydrogens (tertiary/aromatic N) is 1. The van der Waals surface area contributed by atoms with E-state index in [1.165, 1.54) is 16.7 Å². The van der Waals surface area contributed by atoms with Crippen LogP contribution in [0.1, 0.15) is 12.0 Å². The highest BCUT2D eigenvalue weighted by atomic mass is 35.5. The van der Waals surface area contributed by atoms with Crippen molar-refractivity contribution in [1.82, 2.24) is 0 Å². The van der Waals surface area contributed by atoms with Crippen LogP contribution in [0.5, 0.6) is 0 Å². The number of carbonyl (C=O) groups excluding carboxylic acids is 3. The van der Waals surface area contributed by atoms with Gasteiger partial charge in [-0.25, -0.2) is 4.90 Å². The van der Waals surface area contributed by atoms with Crippen molar-refractivity contribution in [2.45, 2.75) is 18.6 Å². The molecule has 0 aliphatic carbocycles. The molecule has 5 nitrogen and oxygen atoms in total. The van der Waals surface area contributed by atoms with Crippen molar-refractivity contribution >= 4 is 52.5 Å². The quantitative estimate of drug-likeness (QED) is 0.794. The first kappa shape index (κ1) is 18.5. The van der Waals surface area contributed by atoms with Crippen LogP contribution in [0.4, 0.5) is 11.4 Å². The predicted octanol–water partition coefficient (Wildman–Crippen LogP) is 3.65. The molecular formula is C19H17ClN2O3S. The van der Waals surface area contributed by atoms with E-state index in [0.29, 0.717) is 16.4 Å². The molecule has 0 unspecified atom stereocenters. The number of carbonyl (C=O) groups is 3. The fourth-order valence-corrected chi connectivity index (χ4v) is 3.84. The van der Waals surface area contributed by atoms with Crippen LogP contribution in [0.3, 0.4) is 0 Å². The van der Waals surface area contributed by atoms with Crippen molar-refractivity contribution in [1.29, 1.82) is 0 Å². The lowest BCUT2D eigenvalue weighted by atomic mass is 10.2. The van der Waals surface area contributed by atoms with E-state index in [2.05, 4.69) is 5.32 Å². The van der Waals surface area contributed by atoms with Crippen molar-refractivity contribution in [3.63, 3.8) is 0 Å². The molecule has 1 aliphatic rings. The molecule has 0 aromatic heterocycles. The minimum atomic E-state index is -0.548. The topological polar surface area (TPSA) is 66.5 Å². The molecule has 3 rings (SSSR count). The Bertz CT molecular complexity index is 871. The first-order chi connectivity index (χ1) is 12.4. The Labute approximate surface area is 160 Å². The normalized spacial score (nSPS) is 16.8. The van der Waals surface area contributed by atoms with Gasteiger partial charge in [0.05, 0.1) is 16.7 Å². The third-order valence-corrected chi connectivity index (χ3v) is 5.32. The van der Waals surface area contributed by atoms with Gasteiger partial charge in [0, 0.05) is 17.1 Å². The monoisotopic (exact) mass is 388 g/mol. The summed E-state index contributed by atoms with van der Waals surface area (Å²) < 4.78 is 0. The molecule has 3 amide bonds. The van der Waals surface area contributed by atoms with Gasteiger partial charge in [0.25, 0.3) is 0 Å². The van der Waals surface area contributed by atoms with Crippen molar-refractivity contribution in [3.8, 4) is 0 Å². The number of amides is 3. The van der Waals surface area contributed by atoms with E-state index >= 15 is 0 Å². The summed E-state index contributed by atoms with van der Waals surface area (Å²) in [4.78, 5) is 38.1. The molecule has 2 aromatic carbocycles. The number of nitrogens with one attached hydrogen (secondary N) is 1. The van der Waals surface area contributed by atoms with Gasteiger partial charge in [-0.15, -0.1) is 11.8 Å². The fourth-order valence-electron chi connectivity index (χ4n) is 2.71. The Kier molecular flexibility index (Phi) is 5.64. The zero-order valence-electron chi connectivity index (χ0n) is 14.1. The largest absolute Gasteiger partial charge is 0.325 e. The second kappa shape index (κ2) is 7.93. The highest BCUT2D eigenvalue weighted by Gasteiger charge is 2.40. The number of hydrogen-bond acceptors (Lipinski definition) is 4. The van der Waals surface area contributed by atoms with E-state index in [0.717, 1.165) is 5.56 Å². The molecule has 134 valence electrons. The van der Waals surface area contributed by atoms with Gasteiger partial charge in [-0.05, 0) is 42.8 Å². The number of halogens is 1. The van der Waals surface area contributed by atoms with Gasteiger partial charge in [-0.2, -0.15) is 0 Å². The predicted molar refractivity (Wildman–Crippen MR) is 105 cm³/mol. The number of hydrogen-bond donors (Lipinski definition) is 1. The van der Waals surface area contributed by atoms with Crippen molar-refractivity contribution in [3.05, 3.63) is 59.1 Å². The molecule has 2 aromatic rings. The van der Waals surface area contributed by atoms with Gasteiger partial charge in [0.15, 0.2) is 0 Å². The van der Waals surface area contributed by atoms with E-state index in [9.17, 15) is 14.4 Å². The van der Waals surface area contributed by atoms with Crippen LogP contribution in [0.25, 0.3) is 0 Å². The van der Waals surface area contributed by atoms with Crippen LogP contribution in [0.2, 0.25) is 5.02 Å². The zero-order valence-corrected chi connectivity index (χ0v) is 15.6. The minimum absolute atomic E-state index is 0.0812. The maximum atomic E-state index is 12.6. The standard InChI is InChI=1S/C19H17ClN2O3S/c1-12-4-2-7-15(8-12)22-18(24)10-16(19(22)25)26-11-17(23)21-14-6-3-5-13(20)9-14/h2-9,16H,10-11H2,1H3,(H,21,23)/t16-/m0/s1. The van der Waals surface area contributed by atoms with E-state index in [1.807, 2.05) is 19.1 Å². The van der Waals surface area contributed by atoms with Gasteiger partial charge in [0.1, 0.15) is 0 Å². The summed E-state index contributed by atoms with van der Waals surface area (Å²) in [5.74, 6) is -0.682. The van der Waals surface area contributed by atoms with E-state index < -0.39 is 5.25 Å². The second-order valence-corrected chi connectivity index (χ2v) is 7.60. The Hall–Kier alpha value is -2.31. The van der Waals surface area contributed by atoms with E-state index in [-0.39, 0.29) is 29.9 Å². The fraction of sp³-hybridized carbons (Fsp3) is 0.211. The molecule has 0 bridgehead atoms.